The maximum Gasteiger partial charge on any atom is 0.265 e. The Labute approximate surface area is 273 Å². The van der Waals surface area contributed by atoms with Gasteiger partial charge in [0.2, 0.25) is 5.91 Å². The molecule has 0 spiro atoms. The van der Waals surface area contributed by atoms with Crippen molar-refractivity contribution in [3.8, 4) is 10.6 Å². The van der Waals surface area contributed by atoms with Crippen LogP contribution in [0.4, 0.5) is 0 Å². The Balaban J connectivity index is 1.05. The topological polar surface area (TPSA) is 134 Å². The van der Waals surface area contributed by atoms with Gasteiger partial charge in [0.15, 0.2) is 0 Å². The number of nitrogens with zero attached hydrogens (tertiary/aromatic N) is 7. The Hall–Kier alpha value is -4.33. The van der Waals surface area contributed by atoms with Crippen molar-refractivity contribution in [2.75, 3.05) is 26.2 Å². The van der Waals surface area contributed by atoms with Crippen LogP contribution in [0, 0.1) is 12.8 Å². The average molecular weight is 656 g/mol. The smallest absolute Gasteiger partial charge is 0.265 e. The normalized spacial score (nSPS) is 19.8. The van der Waals surface area contributed by atoms with Crippen molar-refractivity contribution in [2.45, 2.75) is 44.2 Å². The van der Waals surface area contributed by atoms with Gasteiger partial charge < -0.3 is 14.9 Å². The van der Waals surface area contributed by atoms with Crippen LogP contribution >= 0.6 is 22.7 Å². The lowest BCUT2D eigenvalue weighted by Crippen LogP contribution is -2.53. The van der Waals surface area contributed by atoms with E-state index in [1.54, 1.807) is 18.5 Å². The molecule has 6 heterocycles. The zero-order chi connectivity index (χ0) is 31.8. The Bertz CT molecular complexity index is 1930. The molecule has 0 aliphatic carbocycles. The van der Waals surface area contributed by atoms with Crippen LogP contribution in [0.25, 0.3) is 20.8 Å². The van der Waals surface area contributed by atoms with E-state index in [9.17, 15) is 19.5 Å². The molecular formula is C33H33N7O4S2. The average Bonchev–Trinajstić information content (AvgIpc) is 3.73. The zero-order valence-corrected chi connectivity index (χ0v) is 26.9. The maximum absolute atomic E-state index is 14.1. The number of amides is 2. The molecule has 5 aromatic rings. The summed E-state index contributed by atoms with van der Waals surface area (Å²) in [5.74, 6) is -0.519. The first-order valence-corrected chi connectivity index (χ1v) is 17.0. The molecule has 0 unspecified atom stereocenters. The molecule has 2 saturated heterocycles. The second-order valence-electron chi connectivity index (χ2n) is 12.1. The van der Waals surface area contributed by atoms with Crippen LogP contribution < -0.4 is 5.56 Å². The lowest BCUT2D eigenvalue weighted by molar-refractivity contribution is -0.142. The molecule has 4 aromatic heterocycles. The number of likely N-dealkylation sites (tertiary alicyclic amines) is 2. The minimum absolute atomic E-state index is 0.0434. The first-order valence-electron chi connectivity index (χ1n) is 15.3. The summed E-state index contributed by atoms with van der Waals surface area (Å²) >= 11 is 2.75. The quantitative estimate of drug-likeness (QED) is 0.291. The highest BCUT2D eigenvalue weighted by atomic mass is 32.1. The van der Waals surface area contributed by atoms with Gasteiger partial charge in [-0.2, -0.15) is 0 Å². The summed E-state index contributed by atoms with van der Waals surface area (Å²) in [4.78, 5) is 62.9. The van der Waals surface area contributed by atoms with Crippen molar-refractivity contribution in [3.05, 3.63) is 93.3 Å². The minimum Gasteiger partial charge on any atom is -0.388 e. The summed E-state index contributed by atoms with van der Waals surface area (Å²) in [6.45, 7) is 3.63. The lowest BCUT2D eigenvalue weighted by atomic mass is 9.79. The second kappa shape index (κ2) is 12.5. The summed E-state index contributed by atoms with van der Waals surface area (Å²) in [5.41, 5.74) is 1.17. The second-order valence-corrected chi connectivity index (χ2v) is 14.0. The molecule has 2 amide bonds. The number of piperidine rings is 2. The molecule has 2 fully saturated rings. The molecule has 1 N–H and O–H groups in total. The van der Waals surface area contributed by atoms with Crippen LogP contribution in [-0.4, -0.2) is 83.0 Å². The SMILES string of the molecule is Cc1nc(-c2cncnc2)sc1C(=O)N1CC[C@@H](C(=O)N2CCC(O)(Cn3cnc4sccc4c3=O)CC2)[C@H](c2ccccc2)C1. The number of thiophene rings is 1. The first kappa shape index (κ1) is 30.3. The molecule has 7 rings (SSSR count). The van der Waals surface area contributed by atoms with E-state index >= 15 is 0 Å². The number of benzene rings is 1. The van der Waals surface area contributed by atoms with Crippen molar-refractivity contribution in [1.29, 1.82) is 0 Å². The highest BCUT2D eigenvalue weighted by Crippen LogP contribution is 2.37. The molecule has 2 atom stereocenters. The van der Waals surface area contributed by atoms with Crippen molar-refractivity contribution < 1.29 is 14.7 Å². The van der Waals surface area contributed by atoms with Crippen LogP contribution in [-0.2, 0) is 11.3 Å². The number of fused-ring (bicyclic) bond motifs is 1. The summed E-state index contributed by atoms with van der Waals surface area (Å²) in [6, 6.07) is 11.7. The Kier molecular flexibility index (Phi) is 8.22. The van der Waals surface area contributed by atoms with Crippen molar-refractivity contribution in [2.24, 2.45) is 5.92 Å². The molecule has 0 radical (unpaired) electrons. The number of carbonyl (C=O) groups excluding carboxylic acids is 2. The summed E-state index contributed by atoms with van der Waals surface area (Å²) in [5, 5.41) is 14.5. The van der Waals surface area contributed by atoms with Gasteiger partial charge in [-0.05, 0) is 43.2 Å². The first-order chi connectivity index (χ1) is 22.3. The van der Waals surface area contributed by atoms with Gasteiger partial charge in [-0.3, -0.25) is 19.0 Å². The van der Waals surface area contributed by atoms with E-state index in [0.717, 1.165) is 11.1 Å². The number of rotatable bonds is 6. The van der Waals surface area contributed by atoms with E-state index in [1.165, 1.54) is 39.9 Å². The summed E-state index contributed by atoms with van der Waals surface area (Å²) < 4.78 is 1.48. The van der Waals surface area contributed by atoms with Crippen molar-refractivity contribution >= 4 is 44.7 Å². The third-order valence-electron chi connectivity index (χ3n) is 9.16. The molecule has 2 aliphatic heterocycles. The van der Waals surface area contributed by atoms with Crippen LogP contribution in [0.2, 0.25) is 0 Å². The summed E-state index contributed by atoms with van der Waals surface area (Å²) in [6.07, 6.45) is 7.58. The van der Waals surface area contributed by atoms with Gasteiger partial charge in [-0.1, -0.05) is 30.3 Å². The van der Waals surface area contributed by atoms with Gasteiger partial charge in [-0.15, -0.1) is 22.7 Å². The molecular weight excluding hydrogens is 623 g/mol. The van der Waals surface area contributed by atoms with Gasteiger partial charge in [-0.25, -0.2) is 19.9 Å². The largest absolute Gasteiger partial charge is 0.388 e. The zero-order valence-electron chi connectivity index (χ0n) is 25.3. The Morgan fingerprint density at radius 1 is 1.04 bits per heavy atom. The molecule has 13 heteroatoms. The Morgan fingerprint density at radius 3 is 2.57 bits per heavy atom. The van der Waals surface area contributed by atoms with Crippen LogP contribution in [0.1, 0.15) is 46.1 Å². The monoisotopic (exact) mass is 655 g/mol. The fourth-order valence-corrected chi connectivity index (χ4v) is 8.33. The number of aliphatic hydroxyl groups is 1. The van der Waals surface area contributed by atoms with Crippen LogP contribution in [0.15, 0.2) is 71.6 Å². The maximum atomic E-state index is 14.1. The van der Waals surface area contributed by atoms with Gasteiger partial charge in [0.25, 0.3) is 11.5 Å². The number of aromatic nitrogens is 5. The molecule has 2 aliphatic rings. The number of hydrogen-bond acceptors (Lipinski definition) is 10. The van der Waals surface area contributed by atoms with Crippen LogP contribution in [0.5, 0.6) is 0 Å². The third kappa shape index (κ3) is 5.85. The highest BCUT2D eigenvalue weighted by molar-refractivity contribution is 7.17. The van der Waals surface area contributed by atoms with Gasteiger partial charge >= 0.3 is 0 Å². The van der Waals surface area contributed by atoms with E-state index in [2.05, 4.69) is 19.9 Å². The minimum atomic E-state index is -1.11. The highest BCUT2D eigenvalue weighted by Gasteiger charge is 2.42. The van der Waals surface area contributed by atoms with Crippen LogP contribution in [0.3, 0.4) is 0 Å². The molecule has 0 bridgehead atoms. The van der Waals surface area contributed by atoms with E-state index in [1.807, 2.05) is 52.4 Å². The molecule has 11 nitrogen and oxygen atoms in total. The number of hydrogen-bond donors (Lipinski definition) is 1. The molecule has 46 heavy (non-hydrogen) atoms. The van der Waals surface area contributed by atoms with E-state index in [4.69, 9.17) is 0 Å². The van der Waals surface area contributed by atoms with E-state index < -0.39 is 5.60 Å². The predicted molar refractivity (Wildman–Crippen MR) is 176 cm³/mol. The number of thiazole rings is 1. The predicted octanol–water partition coefficient (Wildman–Crippen LogP) is 3.98. The van der Waals surface area contributed by atoms with E-state index in [0.29, 0.717) is 71.2 Å². The van der Waals surface area contributed by atoms with Crippen molar-refractivity contribution in [3.63, 3.8) is 0 Å². The Morgan fingerprint density at radius 2 is 1.80 bits per heavy atom. The molecule has 0 saturated carbocycles. The molecule has 1 aromatic carbocycles. The fourth-order valence-electron chi connectivity index (χ4n) is 6.60. The van der Waals surface area contributed by atoms with Gasteiger partial charge in [0, 0.05) is 56.0 Å². The van der Waals surface area contributed by atoms with Gasteiger partial charge in [0.05, 0.1) is 29.6 Å². The lowest BCUT2D eigenvalue weighted by Gasteiger charge is -2.43. The number of aryl methyl sites for hydroxylation is 1. The molecule has 236 valence electrons. The number of carbonyl (C=O) groups is 2. The third-order valence-corrected chi connectivity index (χ3v) is 11.2. The summed E-state index contributed by atoms with van der Waals surface area (Å²) in [7, 11) is 0. The standard InChI is InChI=1S/C33H33N7O4S2/c1-21-27(46-28(37-21)23-15-34-19-35-16-23)32(43)39-11-7-24(26(17-39)22-5-3-2-4-6-22)30(41)38-12-9-33(44,10-13-38)18-40-20-36-29-25(31(40)42)8-14-45-29/h2-6,8,14-16,19-20,24,26,44H,7,9-13,17-18H2,1H3/t24-,26+/m1/s1. The van der Waals surface area contributed by atoms with E-state index in [-0.39, 0.29) is 35.8 Å². The van der Waals surface area contributed by atoms with Gasteiger partial charge in [0.1, 0.15) is 21.0 Å². The van der Waals surface area contributed by atoms with Crippen molar-refractivity contribution in [1.82, 2.24) is 34.3 Å². The fraction of sp³-hybridized carbons (Fsp3) is 0.364.